The second kappa shape index (κ2) is 5.34. The SMILES string of the molecule is c1ccc2sc(N(CC3CCNCC3)C3CC3)nc2c1. The summed E-state index contributed by atoms with van der Waals surface area (Å²) in [6.45, 7) is 3.57. The van der Waals surface area contributed by atoms with Gasteiger partial charge in [0.2, 0.25) is 0 Å². The van der Waals surface area contributed by atoms with Crippen LogP contribution in [0.3, 0.4) is 0 Å². The molecule has 2 aliphatic rings. The second-order valence-electron chi connectivity index (χ2n) is 6.04. The Bertz CT molecular complexity index is 551. The largest absolute Gasteiger partial charge is 0.345 e. The minimum atomic E-state index is 0.755. The van der Waals surface area contributed by atoms with E-state index in [4.69, 9.17) is 4.98 Å². The van der Waals surface area contributed by atoms with E-state index in [2.05, 4.69) is 34.5 Å². The predicted octanol–water partition coefficient (Wildman–Crippen LogP) is 3.26. The highest BCUT2D eigenvalue weighted by atomic mass is 32.1. The van der Waals surface area contributed by atoms with Crippen LogP contribution in [0.1, 0.15) is 25.7 Å². The van der Waals surface area contributed by atoms with Crippen LogP contribution in [0.15, 0.2) is 24.3 Å². The van der Waals surface area contributed by atoms with Crippen LogP contribution in [-0.2, 0) is 0 Å². The third-order valence-corrected chi connectivity index (χ3v) is 5.50. The number of rotatable bonds is 4. The second-order valence-corrected chi connectivity index (χ2v) is 7.05. The average molecular weight is 287 g/mol. The van der Waals surface area contributed by atoms with Crippen LogP contribution in [-0.4, -0.2) is 30.7 Å². The van der Waals surface area contributed by atoms with E-state index in [0.717, 1.165) is 17.5 Å². The lowest BCUT2D eigenvalue weighted by Crippen LogP contribution is -2.37. The van der Waals surface area contributed by atoms with Crippen molar-refractivity contribution in [2.75, 3.05) is 24.5 Å². The van der Waals surface area contributed by atoms with E-state index in [0.29, 0.717) is 0 Å². The fourth-order valence-electron chi connectivity index (χ4n) is 3.09. The van der Waals surface area contributed by atoms with Gasteiger partial charge in [0.25, 0.3) is 0 Å². The number of piperidine rings is 1. The number of aromatic nitrogens is 1. The number of thiazole rings is 1. The maximum absolute atomic E-state index is 4.87. The lowest BCUT2D eigenvalue weighted by molar-refractivity contribution is 0.372. The van der Waals surface area contributed by atoms with Crippen LogP contribution < -0.4 is 10.2 Å². The van der Waals surface area contributed by atoms with Gasteiger partial charge in [-0.3, -0.25) is 0 Å². The molecule has 4 rings (SSSR count). The van der Waals surface area contributed by atoms with Crippen molar-refractivity contribution in [3.63, 3.8) is 0 Å². The first-order valence-corrected chi connectivity index (χ1v) is 8.55. The van der Waals surface area contributed by atoms with E-state index in [-0.39, 0.29) is 0 Å². The van der Waals surface area contributed by atoms with Gasteiger partial charge in [0.05, 0.1) is 10.2 Å². The summed E-state index contributed by atoms with van der Waals surface area (Å²) in [6, 6.07) is 9.26. The Kier molecular flexibility index (Phi) is 3.36. The minimum absolute atomic E-state index is 0.755. The monoisotopic (exact) mass is 287 g/mol. The van der Waals surface area contributed by atoms with Gasteiger partial charge in [-0.1, -0.05) is 23.5 Å². The fourth-order valence-corrected chi connectivity index (χ4v) is 4.14. The van der Waals surface area contributed by atoms with Gasteiger partial charge in [0.1, 0.15) is 0 Å². The van der Waals surface area contributed by atoms with E-state index in [9.17, 15) is 0 Å². The van der Waals surface area contributed by atoms with Gasteiger partial charge in [-0.25, -0.2) is 4.98 Å². The Hall–Kier alpha value is -1.13. The molecular formula is C16H21N3S. The first-order valence-electron chi connectivity index (χ1n) is 7.73. The van der Waals surface area contributed by atoms with Crippen LogP contribution in [0.25, 0.3) is 10.2 Å². The molecule has 1 N–H and O–H groups in total. The lowest BCUT2D eigenvalue weighted by Gasteiger charge is -2.30. The molecule has 0 unspecified atom stereocenters. The summed E-state index contributed by atoms with van der Waals surface area (Å²) in [5.41, 5.74) is 1.16. The van der Waals surface area contributed by atoms with Gasteiger partial charge in [-0.05, 0) is 56.8 Å². The third kappa shape index (κ3) is 2.54. The molecule has 0 bridgehead atoms. The van der Waals surface area contributed by atoms with E-state index < -0.39 is 0 Å². The topological polar surface area (TPSA) is 28.2 Å². The van der Waals surface area contributed by atoms with Gasteiger partial charge in [-0.2, -0.15) is 0 Å². The van der Waals surface area contributed by atoms with Crippen LogP contribution in [0.2, 0.25) is 0 Å². The summed E-state index contributed by atoms with van der Waals surface area (Å²) in [6.07, 6.45) is 5.32. The molecule has 0 spiro atoms. The number of nitrogens with zero attached hydrogens (tertiary/aromatic N) is 2. The van der Waals surface area contributed by atoms with Crippen molar-refractivity contribution in [2.24, 2.45) is 5.92 Å². The Balaban J connectivity index is 1.58. The quantitative estimate of drug-likeness (QED) is 0.935. The Labute approximate surface area is 124 Å². The summed E-state index contributed by atoms with van der Waals surface area (Å²) < 4.78 is 1.32. The molecule has 3 nitrogen and oxygen atoms in total. The Morgan fingerprint density at radius 3 is 2.70 bits per heavy atom. The molecule has 20 heavy (non-hydrogen) atoms. The standard InChI is InChI=1S/C16H21N3S/c1-2-4-15-14(3-1)18-16(20-15)19(13-5-6-13)11-12-7-9-17-10-8-12/h1-4,12-13,17H,5-11H2. The van der Waals surface area contributed by atoms with Crippen molar-refractivity contribution in [3.05, 3.63) is 24.3 Å². The zero-order valence-electron chi connectivity index (χ0n) is 11.7. The van der Waals surface area contributed by atoms with Gasteiger partial charge < -0.3 is 10.2 Å². The zero-order chi connectivity index (χ0) is 13.4. The molecule has 1 aliphatic carbocycles. The molecule has 1 saturated heterocycles. The normalized spacial score (nSPS) is 20.4. The van der Waals surface area contributed by atoms with Gasteiger partial charge in [-0.15, -0.1) is 0 Å². The van der Waals surface area contributed by atoms with Crippen molar-refractivity contribution in [1.29, 1.82) is 0 Å². The molecule has 4 heteroatoms. The van der Waals surface area contributed by atoms with E-state index in [1.54, 1.807) is 0 Å². The van der Waals surface area contributed by atoms with Crippen LogP contribution in [0.4, 0.5) is 5.13 Å². The average Bonchev–Trinajstić information content (AvgIpc) is 3.24. The van der Waals surface area contributed by atoms with Crippen LogP contribution in [0.5, 0.6) is 0 Å². The maximum Gasteiger partial charge on any atom is 0.186 e. The van der Waals surface area contributed by atoms with Crippen LogP contribution in [0, 0.1) is 5.92 Å². The molecule has 1 saturated carbocycles. The van der Waals surface area contributed by atoms with E-state index >= 15 is 0 Å². The molecule has 2 fully saturated rings. The molecule has 0 atom stereocenters. The van der Waals surface area contributed by atoms with E-state index in [1.807, 2.05) is 11.3 Å². The predicted molar refractivity (Wildman–Crippen MR) is 85.6 cm³/mol. The summed E-state index contributed by atoms with van der Waals surface area (Å²) >= 11 is 1.86. The first kappa shape index (κ1) is 12.6. The molecular weight excluding hydrogens is 266 g/mol. The highest BCUT2D eigenvalue weighted by Crippen LogP contribution is 2.37. The zero-order valence-corrected chi connectivity index (χ0v) is 12.5. The smallest absolute Gasteiger partial charge is 0.186 e. The molecule has 0 amide bonds. The summed E-state index contributed by atoms with van der Waals surface area (Å²) in [4.78, 5) is 7.47. The van der Waals surface area contributed by atoms with Crippen LogP contribution >= 0.6 is 11.3 Å². The number of hydrogen-bond acceptors (Lipinski definition) is 4. The number of hydrogen-bond donors (Lipinski definition) is 1. The summed E-state index contributed by atoms with van der Waals surface area (Å²) in [7, 11) is 0. The van der Waals surface area contributed by atoms with Crippen molar-refractivity contribution >= 4 is 26.7 Å². The number of nitrogens with one attached hydrogen (secondary N) is 1. The highest BCUT2D eigenvalue weighted by molar-refractivity contribution is 7.22. The van der Waals surface area contributed by atoms with Crippen molar-refractivity contribution in [1.82, 2.24) is 10.3 Å². The van der Waals surface area contributed by atoms with Gasteiger partial charge >= 0.3 is 0 Å². The molecule has 0 radical (unpaired) electrons. The molecule has 1 aromatic heterocycles. The summed E-state index contributed by atoms with van der Waals surface area (Å²) in [5.74, 6) is 0.837. The number of anilines is 1. The van der Waals surface area contributed by atoms with E-state index in [1.165, 1.54) is 55.1 Å². The van der Waals surface area contributed by atoms with Gasteiger partial charge in [0, 0.05) is 12.6 Å². The molecule has 1 aliphatic heterocycles. The van der Waals surface area contributed by atoms with Crippen molar-refractivity contribution in [3.8, 4) is 0 Å². The third-order valence-electron chi connectivity index (χ3n) is 4.43. The number of benzene rings is 1. The van der Waals surface area contributed by atoms with Crippen molar-refractivity contribution in [2.45, 2.75) is 31.7 Å². The van der Waals surface area contributed by atoms with Crippen molar-refractivity contribution < 1.29 is 0 Å². The number of fused-ring (bicyclic) bond motifs is 1. The molecule has 1 aromatic carbocycles. The molecule has 2 aromatic rings. The molecule has 2 heterocycles. The molecule has 106 valence electrons. The first-order chi connectivity index (χ1) is 9.90. The number of para-hydroxylation sites is 1. The Morgan fingerprint density at radius 1 is 1.15 bits per heavy atom. The Morgan fingerprint density at radius 2 is 1.95 bits per heavy atom. The minimum Gasteiger partial charge on any atom is -0.345 e. The maximum atomic E-state index is 4.87. The fraction of sp³-hybridized carbons (Fsp3) is 0.562. The lowest BCUT2D eigenvalue weighted by atomic mass is 9.97. The summed E-state index contributed by atoms with van der Waals surface area (Å²) in [5, 5.41) is 4.71. The highest BCUT2D eigenvalue weighted by Gasteiger charge is 2.32. The van der Waals surface area contributed by atoms with Gasteiger partial charge in [0.15, 0.2) is 5.13 Å².